The summed E-state index contributed by atoms with van der Waals surface area (Å²) in [4.78, 5) is 31.6. The lowest BCUT2D eigenvalue weighted by Gasteiger charge is -2.30. The van der Waals surface area contributed by atoms with E-state index in [4.69, 9.17) is 0 Å². The molecular weight excluding hydrogens is 428 g/mol. The van der Waals surface area contributed by atoms with Gasteiger partial charge in [-0.15, -0.1) is 0 Å². The van der Waals surface area contributed by atoms with E-state index in [9.17, 15) is 9.59 Å². The average Bonchev–Trinajstić information content (AvgIpc) is 3.38. The van der Waals surface area contributed by atoms with Crippen LogP contribution in [0, 0.1) is 6.92 Å². The monoisotopic (exact) mass is 454 g/mol. The Morgan fingerprint density at radius 3 is 2.36 bits per heavy atom. The zero-order chi connectivity index (χ0) is 22.8. The first-order valence-corrected chi connectivity index (χ1v) is 12.2. The maximum atomic E-state index is 13.5. The Hall–Kier alpha value is -3.31. The predicted octanol–water partition coefficient (Wildman–Crippen LogP) is 5.91. The third-order valence-electron chi connectivity index (χ3n) is 6.14. The molecule has 166 valence electrons. The molecule has 0 spiro atoms. The maximum Gasteiger partial charge on any atom is 0.265 e. The first-order chi connectivity index (χ1) is 16.1. The van der Waals surface area contributed by atoms with Crippen LogP contribution in [0.25, 0.3) is 6.08 Å². The van der Waals surface area contributed by atoms with E-state index in [1.165, 1.54) is 17.3 Å². The summed E-state index contributed by atoms with van der Waals surface area (Å²) in [5.41, 5.74) is 4.86. The molecule has 0 unspecified atom stereocenters. The van der Waals surface area contributed by atoms with Gasteiger partial charge in [-0.2, -0.15) is 0 Å². The van der Waals surface area contributed by atoms with E-state index in [1.807, 2.05) is 58.3 Å². The fraction of sp³-hybridized carbons (Fsp3) is 0.214. The quantitative estimate of drug-likeness (QED) is 0.460. The van der Waals surface area contributed by atoms with Crippen LogP contribution in [0.4, 0.5) is 5.69 Å². The van der Waals surface area contributed by atoms with Gasteiger partial charge < -0.3 is 9.80 Å². The number of hydrogen-bond acceptors (Lipinski definition) is 3. The number of para-hydroxylation sites is 1. The van der Waals surface area contributed by atoms with E-state index in [-0.39, 0.29) is 11.8 Å². The smallest absolute Gasteiger partial charge is 0.265 e. The van der Waals surface area contributed by atoms with Crippen molar-refractivity contribution >= 4 is 35.3 Å². The van der Waals surface area contributed by atoms with Crippen molar-refractivity contribution in [2.24, 2.45) is 0 Å². The van der Waals surface area contributed by atoms with Gasteiger partial charge in [-0.1, -0.05) is 65.9 Å². The third kappa shape index (κ3) is 4.60. The number of thioether (sulfide) groups is 1. The van der Waals surface area contributed by atoms with Gasteiger partial charge in [0.2, 0.25) is 0 Å². The molecule has 0 saturated carbocycles. The highest BCUT2D eigenvalue weighted by Gasteiger charge is 2.29. The van der Waals surface area contributed by atoms with Crippen molar-refractivity contribution in [3.05, 3.63) is 100.0 Å². The van der Waals surface area contributed by atoms with Gasteiger partial charge in [0.15, 0.2) is 0 Å². The zero-order valence-corrected chi connectivity index (χ0v) is 19.5. The van der Waals surface area contributed by atoms with Crippen LogP contribution in [0.3, 0.4) is 0 Å². The first kappa shape index (κ1) is 21.5. The largest absolute Gasteiger partial charge is 0.339 e. The van der Waals surface area contributed by atoms with Crippen molar-refractivity contribution in [3.63, 3.8) is 0 Å². The average molecular weight is 455 g/mol. The fourth-order valence-corrected chi connectivity index (χ4v) is 5.33. The Kier molecular flexibility index (Phi) is 6.05. The molecule has 2 aliphatic heterocycles. The Balaban J connectivity index is 1.41. The summed E-state index contributed by atoms with van der Waals surface area (Å²) in [5.74, 6) is 0.0875. The molecule has 0 aliphatic carbocycles. The van der Waals surface area contributed by atoms with Crippen LogP contribution in [-0.2, 0) is 11.3 Å². The molecule has 5 rings (SSSR count). The van der Waals surface area contributed by atoms with Crippen LogP contribution >= 0.6 is 11.8 Å². The fourth-order valence-electron chi connectivity index (χ4n) is 4.27. The van der Waals surface area contributed by atoms with E-state index in [2.05, 4.69) is 37.3 Å². The number of hydrogen-bond donors (Lipinski definition) is 0. The highest BCUT2D eigenvalue weighted by Crippen LogP contribution is 2.42. The molecule has 1 saturated heterocycles. The van der Waals surface area contributed by atoms with Crippen LogP contribution in [0.5, 0.6) is 0 Å². The lowest BCUT2D eigenvalue weighted by Crippen LogP contribution is -2.33. The van der Waals surface area contributed by atoms with Crippen LogP contribution in [0.2, 0.25) is 0 Å². The summed E-state index contributed by atoms with van der Waals surface area (Å²) in [6, 6.07) is 23.9. The lowest BCUT2D eigenvalue weighted by molar-refractivity contribution is -0.114. The van der Waals surface area contributed by atoms with E-state index >= 15 is 0 Å². The van der Waals surface area contributed by atoms with Crippen molar-refractivity contribution in [3.8, 4) is 0 Å². The summed E-state index contributed by atoms with van der Waals surface area (Å²) in [7, 11) is 0. The van der Waals surface area contributed by atoms with Crippen molar-refractivity contribution in [2.45, 2.75) is 31.2 Å². The topological polar surface area (TPSA) is 40.6 Å². The number of amides is 2. The second-order valence-corrected chi connectivity index (χ2v) is 9.66. The minimum atomic E-state index is -0.00325. The second-order valence-electron chi connectivity index (χ2n) is 8.58. The predicted molar refractivity (Wildman–Crippen MR) is 134 cm³/mol. The molecule has 0 radical (unpaired) electrons. The van der Waals surface area contributed by atoms with Gasteiger partial charge in [-0.05, 0) is 61.2 Å². The standard InChI is InChI=1S/C28H26N2O2S/c1-20-8-10-22(11-9-20)19-30-24-6-2-3-7-25(24)33-26(28(30)32)18-21-12-14-23(15-13-21)27(31)29-16-4-5-17-29/h2-3,6-15,18H,4-5,16-17,19H2,1H3. The van der Waals surface area contributed by atoms with Crippen LogP contribution in [0.15, 0.2) is 82.6 Å². The summed E-state index contributed by atoms with van der Waals surface area (Å²) in [5, 5.41) is 0. The molecule has 4 nitrogen and oxygen atoms in total. The minimum absolute atomic E-state index is 0.00325. The number of nitrogens with zero attached hydrogens (tertiary/aromatic N) is 2. The van der Waals surface area contributed by atoms with Crippen molar-refractivity contribution in [1.29, 1.82) is 0 Å². The SMILES string of the molecule is Cc1ccc(CN2C(=O)C(=Cc3ccc(C(=O)N4CCCC4)cc3)Sc3ccccc32)cc1. The Morgan fingerprint density at radius 2 is 1.64 bits per heavy atom. The number of aryl methyl sites for hydroxylation is 1. The highest BCUT2D eigenvalue weighted by molar-refractivity contribution is 8.04. The molecule has 33 heavy (non-hydrogen) atoms. The normalized spacial score (nSPS) is 16.9. The van der Waals surface area contributed by atoms with Gasteiger partial charge in [0.1, 0.15) is 0 Å². The van der Waals surface area contributed by atoms with E-state index in [0.29, 0.717) is 17.0 Å². The summed E-state index contributed by atoms with van der Waals surface area (Å²) < 4.78 is 0. The number of benzene rings is 3. The van der Waals surface area contributed by atoms with E-state index in [1.54, 1.807) is 0 Å². The van der Waals surface area contributed by atoms with E-state index in [0.717, 1.165) is 47.6 Å². The van der Waals surface area contributed by atoms with Crippen LogP contribution < -0.4 is 4.90 Å². The molecule has 2 amide bonds. The summed E-state index contributed by atoms with van der Waals surface area (Å²) >= 11 is 1.50. The molecule has 0 atom stereocenters. The molecule has 0 N–H and O–H groups in total. The highest BCUT2D eigenvalue weighted by atomic mass is 32.2. The molecule has 2 aliphatic rings. The Bertz CT molecular complexity index is 1210. The van der Waals surface area contributed by atoms with Gasteiger partial charge in [0.25, 0.3) is 11.8 Å². The minimum Gasteiger partial charge on any atom is -0.339 e. The Morgan fingerprint density at radius 1 is 0.939 bits per heavy atom. The zero-order valence-electron chi connectivity index (χ0n) is 18.7. The Labute approximate surface area is 198 Å². The van der Waals surface area contributed by atoms with Crippen molar-refractivity contribution in [1.82, 2.24) is 4.90 Å². The van der Waals surface area contributed by atoms with E-state index < -0.39 is 0 Å². The molecule has 3 aromatic carbocycles. The summed E-state index contributed by atoms with van der Waals surface area (Å²) in [6.45, 7) is 4.27. The van der Waals surface area contributed by atoms with Gasteiger partial charge in [0, 0.05) is 23.5 Å². The molecule has 0 bridgehead atoms. The molecule has 0 aromatic heterocycles. The second kappa shape index (κ2) is 9.28. The number of carbonyl (C=O) groups excluding carboxylic acids is 2. The molecular formula is C28H26N2O2S. The number of carbonyl (C=O) groups is 2. The number of likely N-dealkylation sites (tertiary alicyclic amines) is 1. The summed E-state index contributed by atoms with van der Waals surface area (Å²) in [6.07, 6.45) is 4.08. The van der Waals surface area contributed by atoms with Crippen LogP contribution in [-0.4, -0.2) is 29.8 Å². The molecule has 1 fully saturated rings. The lowest BCUT2D eigenvalue weighted by atomic mass is 10.1. The van der Waals surface area contributed by atoms with Gasteiger partial charge in [0.05, 0.1) is 17.1 Å². The van der Waals surface area contributed by atoms with Crippen LogP contribution in [0.1, 0.15) is 39.9 Å². The van der Waals surface area contributed by atoms with Gasteiger partial charge >= 0.3 is 0 Å². The number of rotatable bonds is 4. The molecule has 5 heteroatoms. The van der Waals surface area contributed by atoms with Crippen molar-refractivity contribution < 1.29 is 9.59 Å². The number of anilines is 1. The first-order valence-electron chi connectivity index (χ1n) is 11.3. The van der Waals surface area contributed by atoms with Gasteiger partial charge in [-0.25, -0.2) is 0 Å². The molecule has 3 aromatic rings. The maximum absolute atomic E-state index is 13.5. The van der Waals surface area contributed by atoms with Gasteiger partial charge in [-0.3, -0.25) is 9.59 Å². The third-order valence-corrected chi connectivity index (χ3v) is 7.22. The number of fused-ring (bicyclic) bond motifs is 1. The molecule has 2 heterocycles. The van der Waals surface area contributed by atoms with Crippen molar-refractivity contribution in [2.75, 3.05) is 18.0 Å².